The molecule has 0 aromatic carbocycles. The summed E-state index contributed by atoms with van der Waals surface area (Å²) in [6, 6.07) is 0. The van der Waals surface area contributed by atoms with E-state index in [4.69, 9.17) is 5.73 Å². The largest absolute Gasteiger partial charge is 0.329 e. The first-order chi connectivity index (χ1) is 4.81. The lowest BCUT2D eigenvalue weighted by atomic mass is 10.6. The van der Waals surface area contributed by atoms with E-state index in [-0.39, 0.29) is 6.23 Å². The van der Waals surface area contributed by atoms with Crippen LogP contribution in [0.2, 0.25) is 0 Å². The topological polar surface area (TPSA) is 65.7 Å². The molecule has 0 amide bonds. The maximum absolute atomic E-state index is 5.22. The average molecular weight is 150 g/mol. The third kappa shape index (κ3) is 5.93. The van der Waals surface area contributed by atoms with Gasteiger partial charge in [-0.25, -0.2) is 4.89 Å². The van der Waals surface area contributed by atoms with Crippen LogP contribution >= 0.6 is 0 Å². The van der Waals surface area contributed by atoms with Crippen LogP contribution in [0.3, 0.4) is 0 Å². The molecule has 0 aliphatic heterocycles. The predicted molar refractivity (Wildman–Crippen MR) is 35.7 cm³/mol. The van der Waals surface area contributed by atoms with E-state index in [1.807, 2.05) is 0 Å². The summed E-state index contributed by atoms with van der Waals surface area (Å²) in [6.07, 6.45) is -0.205. The molecule has 3 N–H and O–H groups in total. The van der Waals surface area contributed by atoms with Crippen LogP contribution in [0.15, 0.2) is 0 Å². The zero-order chi connectivity index (χ0) is 7.82. The SMILES string of the molecule is COOOC(C)NCCN. The van der Waals surface area contributed by atoms with Crippen molar-refractivity contribution in [1.82, 2.24) is 5.32 Å². The zero-order valence-corrected chi connectivity index (χ0v) is 6.29. The molecule has 0 saturated carbocycles. The second kappa shape index (κ2) is 6.91. The summed E-state index contributed by atoms with van der Waals surface area (Å²) in [6.45, 7) is 3.05. The van der Waals surface area contributed by atoms with Gasteiger partial charge < -0.3 is 5.73 Å². The summed E-state index contributed by atoms with van der Waals surface area (Å²) in [5.41, 5.74) is 5.22. The standard InChI is InChI=1S/C5H14N2O3/c1-5(7-4-3-6)9-10-8-2/h5,7H,3-4,6H2,1-2H3. The molecule has 0 heterocycles. The summed E-state index contributed by atoms with van der Waals surface area (Å²) in [5, 5.41) is 7.10. The minimum atomic E-state index is -0.205. The number of hydrogen-bond donors (Lipinski definition) is 2. The highest BCUT2D eigenvalue weighted by Gasteiger charge is 1.99. The smallest absolute Gasteiger partial charge is 0.144 e. The van der Waals surface area contributed by atoms with Crippen LogP contribution in [0.25, 0.3) is 0 Å². The molecule has 5 heteroatoms. The van der Waals surface area contributed by atoms with Gasteiger partial charge >= 0.3 is 0 Å². The molecule has 1 atom stereocenters. The highest BCUT2D eigenvalue weighted by molar-refractivity contribution is 4.45. The van der Waals surface area contributed by atoms with Crippen LogP contribution in [0.1, 0.15) is 6.92 Å². The molecule has 0 saturated heterocycles. The molecule has 0 aliphatic carbocycles. The number of nitrogens with one attached hydrogen (secondary N) is 1. The summed E-state index contributed by atoms with van der Waals surface area (Å²) in [7, 11) is 1.37. The van der Waals surface area contributed by atoms with Gasteiger partial charge in [0.25, 0.3) is 0 Å². The lowest BCUT2D eigenvalue weighted by Crippen LogP contribution is -2.33. The van der Waals surface area contributed by atoms with Crippen molar-refractivity contribution in [1.29, 1.82) is 0 Å². The fraction of sp³-hybridized carbons (Fsp3) is 1.00. The fourth-order valence-electron chi connectivity index (χ4n) is 0.419. The minimum Gasteiger partial charge on any atom is -0.329 e. The molecule has 0 rings (SSSR count). The summed E-state index contributed by atoms with van der Waals surface area (Å²) in [5.74, 6) is 0. The van der Waals surface area contributed by atoms with Crippen molar-refractivity contribution in [3.05, 3.63) is 0 Å². The summed E-state index contributed by atoms with van der Waals surface area (Å²) < 4.78 is 0. The molecular formula is C5H14N2O3. The molecule has 0 aromatic heterocycles. The highest BCUT2D eigenvalue weighted by Crippen LogP contribution is 1.85. The van der Waals surface area contributed by atoms with Crippen LogP contribution in [-0.4, -0.2) is 26.4 Å². The van der Waals surface area contributed by atoms with Gasteiger partial charge in [0.15, 0.2) is 0 Å². The van der Waals surface area contributed by atoms with Gasteiger partial charge in [0, 0.05) is 13.1 Å². The van der Waals surface area contributed by atoms with Crippen molar-refractivity contribution in [2.75, 3.05) is 20.2 Å². The van der Waals surface area contributed by atoms with Crippen molar-refractivity contribution in [2.24, 2.45) is 5.73 Å². The first-order valence-electron chi connectivity index (χ1n) is 3.11. The molecule has 10 heavy (non-hydrogen) atoms. The van der Waals surface area contributed by atoms with E-state index >= 15 is 0 Å². The van der Waals surface area contributed by atoms with E-state index in [1.54, 1.807) is 6.92 Å². The van der Waals surface area contributed by atoms with Crippen molar-refractivity contribution < 1.29 is 14.8 Å². The Hall–Kier alpha value is -0.200. The van der Waals surface area contributed by atoms with E-state index in [9.17, 15) is 0 Å². The second-order valence-corrected chi connectivity index (χ2v) is 1.72. The van der Waals surface area contributed by atoms with Crippen LogP contribution in [0.4, 0.5) is 0 Å². The van der Waals surface area contributed by atoms with Gasteiger partial charge in [-0.3, -0.25) is 5.32 Å². The van der Waals surface area contributed by atoms with E-state index in [2.05, 4.69) is 20.1 Å². The minimum absolute atomic E-state index is 0.205. The lowest BCUT2D eigenvalue weighted by molar-refractivity contribution is -0.517. The molecule has 0 aliphatic rings. The summed E-state index contributed by atoms with van der Waals surface area (Å²) in [4.78, 5) is 8.80. The van der Waals surface area contributed by atoms with Gasteiger partial charge in [-0.2, -0.15) is 4.89 Å². The lowest BCUT2D eigenvalue weighted by Gasteiger charge is -2.10. The first kappa shape index (κ1) is 9.80. The average Bonchev–Trinajstić information content (AvgIpc) is 1.97. The van der Waals surface area contributed by atoms with Crippen molar-refractivity contribution in [3.63, 3.8) is 0 Å². The Kier molecular flexibility index (Phi) is 6.78. The maximum Gasteiger partial charge on any atom is 0.144 e. The number of hydrogen-bond acceptors (Lipinski definition) is 5. The van der Waals surface area contributed by atoms with Crippen molar-refractivity contribution in [3.8, 4) is 0 Å². The van der Waals surface area contributed by atoms with E-state index in [0.29, 0.717) is 13.1 Å². The van der Waals surface area contributed by atoms with Crippen LogP contribution in [-0.2, 0) is 14.8 Å². The van der Waals surface area contributed by atoms with Crippen LogP contribution in [0, 0.1) is 0 Å². The predicted octanol–water partition coefficient (Wildman–Crippen LogP) is -0.610. The molecule has 0 bridgehead atoms. The molecule has 0 radical (unpaired) electrons. The highest BCUT2D eigenvalue weighted by atomic mass is 17.5. The quantitative estimate of drug-likeness (QED) is 0.300. The van der Waals surface area contributed by atoms with Crippen LogP contribution < -0.4 is 11.1 Å². The van der Waals surface area contributed by atoms with Gasteiger partial charge in [0.1, 0.15) is 6.23 Å². The van der Waals surface area contributed by atoms with Gasteiger partial charge in [0.05, 0.1) is 7.11 Å². The van der Waals surface area contributed by atoms with Crippen LogP contribution in [0.5, 0.6) is 0 Å². The van der Waals surface area contributed by atoms with Gasteiger partial charge in [-0.1, -0.05) is 5.04 Å². The Morgan fingerprint density at radius 3 is 2.80 bits per heavy atom. The fourth-order valence-corrected chi connectivity index (χ4v) is 0.419. The molecule has 0 spiro atoms. The van der Waals surface area contributed by atoms with E-state index in [0.717, 1.165) is 0 Å². The maximum atomic E-state index is 5.22. The molecule has 0 fully saturated rings. The Labute approximate surface area is 60.3 Å². The van der Waals surface area contributed by atoms with Gasteiger partial charge in [-0.15, -0.1) is 0 Å². The third-order valence-corrected chi connectivity index (χ3v) is 0.828. The zero-order valence-electron chi connectivity index (χ0n) is 6.29. The number of rotatable bonds is 6. The Morgan fingerprint density at radius 2 is 2.30 bits per heavy atom. The molecule has 62 valence electrons. The Balaban J connectivity index is 3.00. The van der Waals surface area contributed by atoms with Crippen molar-refractivity contribution >= 4 is 0 Å². The molecule has 1 unspecified atom stereocenters. The number of nitrogens with two attached hydrogens (primary N) is 1. The van der Waals surface area contributed by atoms with Crippen molar-refractivity contribution in [2.45, 2.75) is 13.2 Å². The normalized spacial score (nSPS) is 13.5. The van der Waals surface area contributed by atoms with Gasteiger partial charge in [-0.05, 0) is 6.92 Å². The molecule has 5 nitrogen and oxygen atoms in total. The Bertz CT molecular complexity index is 63.9. The third-order valence-electron chi connectivity index (χ3n) is 0.828. The molecular weight excluding hydrogens is 136 g/mol. The first-order valence-corrected chi connectivity index (χ1v) is 3.11. The monoisotopic (exact) mass is 150 g/mol. The van der Waals surface area contributed by atoms with E-state index in [1.165, 1.54) is 7.11 Å². The summed E-state index contributed by atoms with van der Waals surface area (Å²) >= 11 is 0. The second-order valence-electron chi connectivity index (χ2n) is 1.72. The molecule has 0 aromatic rings. The van der Waals surface area contributed by atoms with E-state index < -0.39 is 0 Å². The van der Waals surface area contributed by atoms with Gasteiger partial charge in [0.2, 0.25) is 0 Å². The Morgan fingerprint density at radius 1 is 1.60 bits per heavy atom.